The van der Waals surface area contributed by atoms with Crippen LogP contribution >= 0.6 is 0 Å². The van der Waals surface area contributed by atoms with Gasteiger partial charge in [-0.1, -0.05) is 25.5 Å². The molecule has 1 fully saturated rings. The number of benzene rings is 1. The summed E-state index contributed by atoms with van der Waals surface area (Å²) in [5, 5.41) is 8.99. The molecule has 1 aliphatic heterocycles. The fourth-order valence-electron chi connectivity index (χ4n) is 3.20. The van der Waals surface area contributed by atoms with Gasteiger partial charge in [0.05, 0.1) is 5.56 Å². The van der Waals surface area contributed by atoms with Crippen LogP contribution < -0.4 is 4.90 Å². The summed E-state index contributed by atoms with van der Waals surface area (Å²) in [7, 11) is 0. The number of aromatic carboxylic acids is 1. The van der Waals surface area contributed by atoms with E-state index in [0.29, 0.717) is 11.5 Å². The maximum absolute atomic E-state index is 10.9. The maximum atomic E-state index is 10.9. The van der Waals surface area contributed by atoms with Crippen molar-refractivity contribution in [3.05, 3.63) is 53.5 Å². The molecule has 2 aromatic rings. The molecule has 1 aromatic heterocycles. The Morgan fingerprint density at radius 3 is 2.83 bits per heavy atom. The molecule has 1 aliphatic rings. The van der Waals surface area contributed by atoms with Crippen molar-refractivity contribution in [2.75, 3.05) is 18.0 Å². The molecule has 0 amide bonds. The van der Waals surface area contributed by atoms with Crippen LogP contribution in [0.4, 0.5) is 5.82 Å². The average molecular weight is 311 g/mol. The van der Waals surface area contributed by atoms with Gasteiger partial charge in [0.2, 0.25) is 0 Å². The highest BCUT2D eigenvalue weighted by Gasteiger charge is 2.26. The first-order valence-electron chi connectivity index (χ1n) is 8.06. The van der Waals surface area contributed by atoms with Gasteiger partial charge in [0.1, 0.15) is 12.1 Å². The SMILES string of the molecule is CCCc1cncnc1N1CCC(c2ccc(C(=O)O)cc2)C1. The Morgan fingerprint density at radius 2 is 2.13 bits per heavy atom. The van der Waals surface area contributed by atoms with E-state index in [0.717, 1.165) is 38.2 Å². The molecular formula is C18H21N3O2. The maximum Gasteiger partial charge on any atom is 0.335 e. The number of nitrogens with zero attached hydrogens (tertiary/aromatic N) is 3. The van der Waals surface area contributed by atoms with Gasteiger partial charge < -0.3 is 10.0 Å². The third-order valence-corrected chi connectivity index (χ3v) is 4.40. The smallest absolute Gasteiger partial charge is 0.335 e. The molecule has 0 radical (unpaired) electrons. The minimum absolute atomic E-state index is 0.338. The quantitative estimate of drug-likeness (QED) is 0.919. The molecule has 0 aliphatic carbocycles. The van der Waals surface area contributed by atoms with E-state index >= 15 is 0 Å². The van der Waals surface area contributed by atoms with Gasteiger partial charge in [0, 0.05) is 30.8 Å². The van der Waals surface area contributed by atoms with E-state index in [1.807, 2.05) is 18.3 Å². The Labute approximate surface area is 136 Å². The van der Waals surface area contributed by atoms with Gasteiger partial charge in [-0.2, -0.15) is 0 Å². The van der Waals surface area contributed by atoms with Gasteiger partial charge in [0.25, 0.3) is 0 Å². The molecule has 1 saturated heterocycles. The van der Waals surface area contributed by atoms with Crippen LogP contribution in [-0.4, -0.2) is 34.1 Å². The van der Waals surface area contributed by atoms with Crippen LogP contribution in [0.2, 0.25) is 0 Å². The number of hydrogen-bond acceptors (Lipinski definition) is 4. The number of rotatable bonds is 5. The van der Waals surface area contributed by atoms with E-state index in [1.165, 1.54) is 11.1 Å². The van der Waals surface area contributed by atoms with Gasteiger partial charge in [0.15, 0.2) is 0 Å². The summed E-state index contributed by atoms with van der Waals surface area (Å²) >= 11 is 0. The molecule has 0 saturated carbocycles. The van der Waals surface area contributed by atoms with Crippen molar-refractivity contribution < 1.29 is 9.90 Å². The molecule has 0 spiro atoms. The van der Waals surface area contributed by atoms with Crippen molar-refractivity contribution in [3.63, 3.8) is 0 Å². The number of aryl methyl sites for hydroxylation is 1. The molecule has 5 heteroatoms. The lowest BCUT2D eigenvalue weighted by molar-refractivity contribution is 0.0697. The first kappa shape index (κ1) is 15.5. The first-order valence-corrected chi connectivity index (χ1v) is 8.06. The zero-order chi connectivity index (χ0) is 16.2. The van der Waals surface area contributed by atoms with Crippen LogP contribution in [0.15, 0.2) is 36.8 Å². The number of carboxylic acid groups (broad SMARTS) is 1. The molecule has 1 atom stereocenters. The minimum atomic E-state index is -0.880. The average Bonchev–Trinajstić information content (AvgIpc) is 3.05. The number of aromatic nitrogens is 2. The Bertz CT molecular complexity index is 685. The monoisotopic (exact) mass is 311 g/mol. The summed E-state index contributed by atoms with van der Waals surface area (Å²) in [6, 6.07) is 7.25. The second-order valence-electron chi connectivity index (χ2n) is 5.98. The highest BCUT2D eigenvalue weighted by molar-refractivity contribution is 5.87. The van der Waals surface area contributed by atoms with Crippen molar-refractivity contribution in [3.8, 4) is 0 Å². The van der Waals surface area contributed by atoms with Gasteiger partial charge in [-0.05, 0) is 30.5 Å². The topological polar surface area (TPSA) is 66.3 Å². The Kier molecular flexibility index (Phi) is 4.55. The fourth-order valence-corrected chi connectivity index (χ4v) is 3.20. The van der Waals surface area contributed by atoms with Crippen molar-refractivity contribution in [2.45, 2.75) is 32.1 Å². The highest BCUT2D eigenvalue weighted by atomic mass is 16.4. The molecule has 3 rings (SSSR count). The number of hydrogen-bond donors (Lipinski definition) is 1. The van der Waals surface area contributed by atoms with Gasteiger partial charge in [-0.25, -0.2) is 14.8 Å². The van der Waals surface area contributed by atoms with Crippen LogP contribution in [0.25, 0.3) is 0 Å². The summed E-state index contributed by atoms with van der Waals surface area (Å²) in [5.41, 5.74) is 2.74. The van der Waals surface area contributed by atoms with E-state index < -0.39 is 5.97 Å². The zero-order valence-corrected chi connectivity index (χ0v) is 13.3. The first-order chi connectivity index (χ1) is 11.2. The molecule has 1 unspecified atom stereocenters. The van der Waals surface area contributed by atoms with Crippen LogP contribution in [0.5, 0.6) is 0 Å². The van der Waals surface area contributed by atoms with Crippen LogP contribution in [0, 0.1) is 0 Å². The lowest BCUT2D eigenvalue weighted by Crippen LogP contribution is -2.22. The largest absolute Gasteiger partial charge is 0.478 e. The number of carboxylic acids is 1. The van der Waals surface area contributed by atoms with Crippen LogP contribution in [0.1, 0.15) is 47.2 Å². The standard InChI is InChI=1S/C18H21N3O2/c1-2-3-15-10-19-12-20-17(15)21-9-8-16(11-21)13-4-6-14(7-5-13)18(22)23/h4-7,10,12,16H,2-3,8-9,11H2,1H3,(H,22,23). The van der Waals surface area contributed by atoms with E-state index in [4.69, 9.17) is 5.11 Å². The summed E-state index contributed by atoms with van der Waals surface area (Å²) < 4.78 is 0. The second kappa shape index (κ2) is 6.77. The van der Waals surface area contributed by atoms with Gasteiger partial charge in [-0.15, -0.1) is 0 Å². The Hall–Kier alpha value is -2.43. The Balaban J connectivity index is 1.74. The van der Waals surface area contributed by atoms with Crippen molar-refractivity contribution in [2.24, 2.45) is 0 Å². The van der Waals surface area contributed by atoms with Gasteiger partial charge in [-0.3, -0.25) is 0 Å². The van der Waals surface area contributed by atoms with Crippen molar-refractivity contribution in [1.82, 2.24) is 9.97 Å². The summed E-state index contributed by atoms with van der Waals surface area (Å²) in [5.74, 6) is 0.587. The molecular weight excluding hydrogens is 290 g/mol. The second-order valence-corrected chi connectivity index (χ2v) is 5.98. The predicted octanol–water partition coefficient (Wildman–Crippen LogP) is 3.12. The van der Waals surface area contributed by atoms with E-state index in [2.05, 4.69) is 21.8 Å². The van der Waals surface area contributed by atoms with Gasteiger partial charge >= 0.3 is 5.97 Å². The van der Waals surface area contributed by atoms with Crippen molar-refractivity contribution >= 4 is 11.8 Å². The summed E-state index contributed by atoms with van der Waals surface area (Å²) in [6.07, 6.45) is 6.66. The minimum Gasteiger partial charge on any atom is -0.478 e. The van der Waals surface area contributed by atoms with Crippen molar-refractivity contribution in [1.29, 1.82) is 0 Å². The highest BCUT2D eigenvalue weighted by Crippen LogP contribution is 2.31. The van der Waals surface area contributed by atoms with E-state index in [1.54, 1.807) is 18.5 Å². The number of carbonyl (C=O) groups is 1. The number of anilines is 1. The molecule has 5 nitrogen and oxygen atoms in total. The fraction of sp³-hybridized carbons (Fsp3) is 0.389. The molecule has 2 heterocycles. The van der Waals surface area contributed by atoms with E-state index in [-0.39, 0.29) is 0 Å². The lowest BCUT2D eigenvalue weighted by Gasteiger charge is -2.20. The summed E-state index contributed by atoms with van der Waals surface area (Å²) in [4.78, 5) is 21.9. The predicted molar refractivity (Wildman–Crippen MR) is 89.0 cm³/mol. The normalized spacial score (nSPS) is 17.4. The van der Waals surface area contributed by atoms with Crippen LogP contribution in [0.3, 0.4) is 0 Å². The molecule has 1 aromatic carbocycles. The Morgan fingerprint density at radius 1 is 1.35 bits per heavy atom. The van der Waals surface area contributed by atoms with E-state index in [9.17, 15) is 4.79 Å². The van der Waals surface area contributed by atoms with Crippen LogP contribution in [-0.2, 0) is 6.42 Å². The third-order valence-electron chi connectivity index (χ3n) is 4.40. The third kappa shape index (κ3) is 3.33. The lowest BCUT2D eigenvalue weighted by atomic mass is 9.97. The molecule has 23 heavy (non-hydrogen) atoms. The zero-order valence-electron chi connectivity index (χ0n) is 13.3. The molecule has 120 valence electrons. The summed E-state index contributed by atoms with van der Waals surface area (Å²) in [6.45, 7) is 4.05. The molecule has 0 bridgehead atoms. The molecule has 1 N–H and O–H groups in total.